The second kappa shape index (κ2) is 4.47. The highest BCUT2D eigenvalue weighted by molar-refractivity contribution is 7.85. The van der Waals surface area contributed by atoms with E-state index in [9.17, 15) is 13.5 Å². The maximum absolute atomic E-state index is 11.1. The van der Waals surface area contributed by atoms with E-state index in [4.69, 9.17) is 4.55 Å². The van der Waals surface area contributed by atoms with Crippen LogP contribution in [0.1, 0.15) is 6.92 Å². The highest BCUT2D eigenvalue weighted by Gasteiger charge is 2.14. The first-order valence-corrected chi connectivity index (χ1v) is 6.84. The lowest BCUT2D eigenvalue weighted by atomic mass is 10.1. The van der Waals surface area contributed by atoms with Crippen LogP contribution in [0.15, 0.2) is 35.2 Å². The number of phenols is 1. The van der Waals surface area contributed by atoms with Crippen LogP contribution in [-0.2, 0) is 10.1 Å². The first-order valence-electron chi connectivity index (χ1n) is 5.40. The topological polar surface area (TPSA) is 86.6 Å². The van der Waals surface area contributed by atoms with Crippen molar-refractivity contribution in [3.05, 3.63) is 30.3 Å². The number of aromatic hydroxyl groups is 1. The van der Waals surface area contributed by atoms with Gasteiger partial charge in [0.25, 0.3) is 10.1 Å². The van der Waals surface area contributed by atoms with E-state index in [0.717, 1.165) is 6.07 Å². The molecule has 0 aromatic heterocycles. The van der Waals surface area contributed by atoms with Gasteiger partial charge in [0.05, 0.1) is 4.90 Å². The minimum atomic E-state index is -4.34. The van der Waals surface area contributed by atoms with Gasteiger partial charge in [-0.25, -0.2) is 0 Å². The molecule has 0 fully saturated rings. The van der Waals surface area contributed by atoms with Gasteiger partial charge in [0.1, 0.15) is 5.75 Å². The van der Waals surface area contributed by atoms with Gasteiger partial charge in [-0.1, -0.05) is 12.1 Å². The summed E-state index contributed by atoms with van der Waals surface area (Å²) in [7, 11) is -4.34. The molecule has 0 aliphatic rings. The Morgan fingerprint density at radius 3 is 2.56 bits per heavy atom. The molecule has 5 nitrogen and oxygen atoms in total. The Labute approximate surface area is 105 Å². The summed E-state index contributed by atoms with van der Waals surface area (Å²) < 4.78 is 31.3. The summed E-state index contributed by atoms with van der Waals surface area (Å²) in [4.78, 5) is -0.321. The van der Waals surface area contributed by atoms with Crippen molar-refractivity contribution in [2.45, 2.75) is 11.8 Å². The lowest BCUT2D eigenvalue weighted by Crippen LogP contribution is -2.00. The fourth-order valence-electron chi connectivity index (χ4n) is 1.83. The summed E-state index contributed by atoms with van der Waals surface area (Å²) in [6.45, 7) is 2.57. The molecule has 0 aliphatic heterocycles. The molecule has 2 aromatic carbocycles. The van der Waals surface area contributed by atoms with E-state index < -0.39 is 10.1 Å². The van der Waals surface area contributed by atoms with Crippen LogP contribution < -0.4 is 5.32 Å². The van der Waals surface area contributed by atoms with Crippen molar-refractivity contribution in [3.63, 3.8) is 0 Å². The van der Waals surface area contributed by atoms with Gasteiger partial charge >= 0.3 is 0 Å². The van der Waals surface area contributed by atoms with Crippen molar-refractivity contribution in [2.75, 3.05) is 11.9 Å². The number of phenolic OH excluding ortho intramolecular Hbond substituents is 1. The number of nitrogens with one attached hydrogen (secondary N) is 1. The Bertz CT molecular complexity index is 695. The maximum atomic E-state index is 11.1. The number of fused-ring (bicyclic) bond motifs is 1. The fourth-order valence-corrected chi connectivity index (χ4v) is 2.36. The largest absolute Gasteiger partial charge is 0.507 e. The van der Waals surface area contributed by atoms with Crippen LogP contribution in [0.5, 0.6) is 5.75 Å². The molecule has 6 heteroatoms. The van der Waals surface area contributed by atoms with Gasteiger partial charge in [0.15, 0.2) is 0 Å². The Kier molecular flexibility index (Phi) is 3.14. The summed E-state index contributed by atoms with van der Waals surface area (Å²) in [5.41, 5.74) is 0.704. The molecule has 0 saturated heterocycles. The van der Waals surface area contributed by atoms with Crippen molar-refractivity contribution in [3.8, 4) is 5.75 Å². The zero-order chi connectivity index (χ0) is 13.3. The molecule has 2 rings (SSSR count). The first kappa shape index (κ1) is 12.7. The van der Waals surface area contributed by atoms with Crippen molar-refractivity contribution in [1.82, 2.24) is 0 Å². The van der Waals surface area contributed by atoms with Gasteiger partial charge in [0, 0.05) is 29.1 Å². The Hall–Kier alpha value is -1.79. The zero-order valence-electron chi connectivity index (χ0n) is 9.71. The van der Waals surface area contributed by atoms with Crippen LogP contribution in [-0.4, -0.2) is 24.6 Å². The van der Waals surface area contributed by atoms with Crippen molar-refractivity contribution in [1.29, 1.82) is 0 Å². The van der Waals surface area contributed by atoms with E-state index in [0.29, 0.717) is 23.0 Å². The molecule has 0 spiro atoms. The van der Waals surface area contributed by atoms with Gasteiger partial charge in [-0.05, 0) is 19.1 Å². The summed E-state index contributed by atoms with van der Waals surface area (Å²) in [5.74, 6) is -0.181. The molecule has 0 amide bonds. The molecule has 0 saturated carbocycles. The van der Waals surface area contributed by atoms with Crippen molar-refractivity contribution < 1.29 is 18.1 Å². The summed E-state index contributed by atoms with van der Waals surface area (Å²) in [5, 5.41) is 14.0. The Balaban J connectivity index is 2.80. The molecule has 0 bridgehead atoms. The average molecular weight is 267 g/mol. The van der Waals surface area contributed by atoms with E-state index >= 15 is 0 Å². The predicted molar refractivity (Wildman–Crippen MR) is 69.6 cm³/mol. The lowest BCUT2D eigenvalue weighted by molar-refractivity contribution is 0.471. The molecule has 2 aromatic rings. The average Bonchev–Trinajstić information content (AvgIpc) is 2.29. The van der Waals surface area contributed by atoms with Gasteiger partial charge < -0.3 is 10.4 Å². The van der Waals surface area contributed by atoms with Gasteiger partial charge in [-0.15, -0.1) is 0 Å². The number of hydrogen-bond acceptors (Lipinski definition) is 4. The Morgan fingerprint density at radius 1 is 1.22 bits per heavy atom. The number of rotatable bonds is 3. The molecule has 18 heavy (non-hydrogen) atoms. The molecular weight excluding hydrogens is 254 g/mol. The molecule has 0 unspecified atom stereocenters. The van der Waals surface area contributed by atoms with E-state index in [1.807, 2.05) is 6.92 Å². The van der Waals surface area contributed by atoms with Gasteiger partial charge in [0.2, 0.25) is 0 Å². The standard InChI is InChI=1S/C12H13NO4S/c1-2-13-11-5-3-4-9-10(11)6-8(7-12(9)14)18(15,16)17/h3-7,13-14H,2H2,1H3,(H,15,16,17). The summed E-state index contributed by atoms with van der Waals surface area (Å²) in [6, 6.07) is 7.58. The molecule has 0 heterocycles. The minimum absolute atomic E-state index is 0.181. The van der Waals surface area contributed by atoms with Gasteiger partial charge in [-0.3, -0.25) is 4.55 Å². The third-order valence-electron chi connectivity index (χ3n) is 2.61. The van der Waals surface area contributed by atoms with E-state index in [2.05, 4.69) is 5.32 Å². The summed E-state index contributed by atoms with van der Waals surface area (Å²) in [6.07, 6.45) is 0. The minimum Gasteiger partial charge on any atom is -0.507 e. The first-order chi connectivity index (χ1) is 8.43. The van der Waals surface area contributed by atoms with Crippen LogP contribution in [0.4, 0.5) is 5.69 Å². The van der Waals surface area contributed by atoms with E-state index in [-0.39, 0.29) is 10.6 Å². The van der Waals surface area contributed by atoms with Gasteiger partial charge in [-0.2, -0.15) is 8.42 Å². The fraction of sp³-hybridized carbons (Fsp3) is 0.167. The number of anilines is 1. The smallest absolute Gasteiger partial charge is 0.294 e. The highest BCUT2D eigenvalue weighted by atomic mass is 32.2. The number of benzene rings is 2. The van der Waals surface area contributed by atoms with Crippen LogP contribution in [0.25, 0.3) is 10.8 Å². The van der Waals surface area contributed by atoms with Crippen molar-refractivity contribution >= 4 is 26.6 Å². The van der Waals surface area contributed by atoms with Crippen LogP contribution in [0.2, 0.25) is 0 Å². The highest BCUT2D eigenvalue weighted by Crippen LogP contribution is 2.33. The predicted octanol–water partition coefficient (Wildman–Crippen LogP) is 2.22. The quantitative estimate of drug-likeness (QED) is 0.742. The SMILES string of the molecule is CCNc1cccc2c(O)cc(S(=O)(=O)O)cc12. The molecule has 0 atom stereocenters. The molecule has 96 valence electrons. The third-order valence-corrected chi connectivity index (χ3v) is 3.44. The van der Waals surface area contributed by atoms with Crippen LogP contribution >= 0.6 is 0 Å². The Morgan fingerprint density at radius 2 is 1.94 bits per heavy atom. The molecule has 0 aliphatic carbocycles. The normalized spacial score (nSPS) is 11.7. The summed E-state index contributed by atoms with van der Waals surface area (Å²) >= 11 is 0. The number of hydrogen-bond donors (Lipinski definition) is 3. The molecule has 3 N–H and O–H groups in total. The second-order valence-electron chi connectivity index (χ2n) is 3.85. The zero-order valence-corrected chi connectivity index (χ0v) is 10.5. The third kappa shape index (κ3) is 2.25. The van der Waals surface area contributed by atoms with E-state index in [1.165, 1.54) is 6.07 Å². The van der Waals surface area contributed by atoms with E-state index in [1.54, 1.807) is 18.2 Å². The van der Waals surface area contributed by atoms with Crippen molar-refractivity contribution in [2.24, 2.45) is 0 Å². The van der Waals surface area contributed by atoms with Crippen LogP contribution in [0.3, 0.4) is 0 Å². The molecular formula is C12H13NO4S. The lowest BCUT2D eigenvalue weighted by Gasteiger charge is -2.10. The maximum Gasteiger partial charge on any atom is 0.294 e. The second-order valence-corrected chi connectivity index (χ2v) is 5.27. The van der Waals surface area contributed by atoms with Crippen LogP contribution in [0, 0.1) is 0 Å². The molecule has 0 radical (unpaired) electrons. The monoisotopic (exact) mass is 267 g/mol.